The number of hydrogen-bond donors (Lipinski definition) is 0. The topological polar surface area (TPSA) is 65.7 Å². The van der Waals surface area contributed by atoms with Gasteiger partial charge in [-0.3, -0.25) is 4.68 Å². The maximum absolute atomic E-state index is 5.85. The van der Waals surface area contributed by atoms with Crippen molar-refractivity contribution in [3.8, 4) is 23.0 Å². The summed E-state index contributed by atoms with van der Waals surface area (Å²) in [7, 11) is 1.83. The van der Waals surface area contributed by atoms with Crippen molar-refractivity contribution in [2.45, 2.75) is 0 Å². The summed E-state index contributed by atoms with van der Waals surface area (Å²) in [4.78, 5) is 12.2. The number of nitrogens with zero attached hydrogens (tertiary/aromatic N) is 5. The average Bonchev–Trinajstić information content (AvgIpc) is 2.85. The van der Waals surface area contributed by atoms with E-state index in [-0.39, 0.29) is 5.28 Å². The molecule has 0 spiro atoms. The molecule has 21 heavy (non-hydrogen) atoms. The van der Waals surface area contributed by atoms with Gasteiger partial charge in [0.25, 0.3) is 0 Å². The third-order valence-corrected chi connectivity index (χ3v) is 3.29. The van der Waals surface area contributed by atoms with Gasteiger partial charge in [-0.15, -0.1) is 0 Å². The minimum atomic E-state index is 0.0969. The van der Waals surface area contributed by atoms with Crippen LogP contribution in [0.4, 0.5) is 0 Å². The van der Waals surface area contributed by atoms with E-state index in [1.54, 1.807) is 29.2 Å². The summed E-state index contributed by atoms with van der Waals surface area (Å²) in [5, 5.41) is 4.41. The minimum absolute atomic E-state index is 0.0969. The molecular formula is C13H9BrClN5O. The van der Waals surface area contributed by atoms with Crippen LogP contribution >= 0.6 is 27.5 Å². The van der Waals surface area contributed by atoms with E-state index in [1.807, 2.05) is 19.3 Å². The van der Waals surface area contributed by atoms with E-state index in [4.69, 9.17) is 16.3 Å². The molecule has 0 aliphatic heterocycles. The van der Waals surface area contributed by atoms with Crippen molar-refractivity contribution in [2.75, 3.05) is 0 Å². The Hall–Kier alpha value is -1.99. The summed E-state index contributed by atoms with van der Waals surface area (Å²) in [5.74, 6) is 0.704. The number of aromatic nitrogens is 5. The van der Waals surface area contributed by atoms with Crippen LogP contribution in [-0.4, -0.2) is 24.7 Å². The monoisotopic (exact) mass is 365 g/mol. The fourth-order valence-electron chi connectivity index (χ4n) is 1.70. The summed E-state index contributed by atoms with van der Waals surface area (Å²) < 4.78 is 8.25. The quantitative estimate of drug-likeness (QED) is 0.664. The SMILES string of the molecule is Cn1ccc(-c2cnc(Cl)nc2Oc2cc(Br)ccn2)n1. The second kappa shape index (κ2) is 5.79. The largest absolute Gasteiger partial charge is 0.420 e. The van der Waals surface area contributed by atoms with E-state index in [9.17, 15) is 0 Å². The van der Waals surface area contributed by atoms with Gasteiger partial charge in [-0.2, -0.15) is 10.1 Å². The highest BCUT2D eigenvalue weighted by Crippen LogP contribution is 2.30. The Bertz CT molecular complexity index is 792. The third kappa shape index (κ3) is 3.20. The first-order chi connectivity index (χ1) is 10.1. The summed E-state index contributed by atoms with van der Waals surface area (Å²) in [6, 6.07) is 5.38. The second-order valence-corrected chi connectivity index (χ2v) is 5.40. The van der Waals surface area contributed by atoms with E-state index in [0.29, 0.717) is 23.0 Å². The molecule has 0 atom stereocenters. The number of pyridine rings is 1. The van der Waals surface area contributed by atoms with E-state index in [1.165, 1.54) is 0 Å². The minimum Gasteiger partial charge on any atom is -0.420 e. The highest BCUT2D eigenvalue weighted by atomic mass is 79.9. The molecule has 0 aliphatic rings. The Balaban J connectivity index is 2.02. The van der Waals surface area contributed by atoms with E-state index in [2.05, 4.69) is 36.0 Å². The highest BCUT2D eigenvalue weighted by molar-refractivity contribution is 9.10. The standard InChI is InChI=1S/C13H9BrClN5O/c1-20-5-3-10(19-20)9-7-17-13(15)18-12(9)21-11-6-8(14)2-4-16-11/h2-7H,1H3. The molecule has 3 heterocycles. The molecule has 3 aromatic rings. The van der Waals surface area contributed by atoms with Gasteiger partial charge in [0.2, 0.25) is 17.0 Å². The zero-order valence-electron chi connectivity index (χ0n) is 10.9. The van der Waals surface area contributed by atoms with Crippen LogP contribution in [0.15, 0.2) is 41.3 Å². The first kappa shape index (κ1) is 14.0. The van der Waals surface area contributed by atoms with Crippen LogP contribution in [-0.2, 0) is 7.05 Å². The molecule has 3 rings (SSSR count). The number of ether oxygens (including phenoxy) is 1. The summed E-state index contributed by atoms with van der Waals surface area (Å²) in [6.45, 7) is 0. The van der Waals surface area contributed by atoms with Crippen LogP contribution in [0.5, 0.6) is 11.8 Å². The molecular weight excluding hydrogens is 358 g/mol. The number of halogens is 2. The summed E-state index contributed by atoms with van der Waals surface area (Å²) in [5.41, 5.74) is 1.33. The Morgan fingerprint density at radius 1 is 1.29 bits per heavy atom. The molecule has 0 aliphatic carbocycles. The number of aryl methyl sites for hydroxylation is 1. The number of rotatable bonds is 3. The molecule has 0 aromatic carbocycles. The first-order valence-corrected chi connectivity index (χ1v) is 7.11. The molecule has 0 unspecified atom stereocenters. The molecule has 0 saturated heterocycles. The predicted octanol–water partition coefficient (Wildman–Crippen LogP) is 3.48. The first-order valence-electron chi connectivity index (χ1n) is 5.94. The predicted molar refractivity (Wildman–Crippen MR) is 81.3 cm³/mol. The van der Waals surface area contributed by atoms with Crippen molar-refractivity contribution in [1.29, 1.82) is 0 Å². The third-order valence-electron chi connectivity index (χ3n) is 2.61. The van der Waals surface area contributed by atoms with Gasteiger partial charge >= 0.3 is 0 Å². The van der Waals surface area contributed by atoms with Gasteiger partial charge in [0.15, 0.2) is 0 Å². The molecule has 0 N–H and O–H groups in total. The highest BCUT2D eigenvalue weighted by Gasteiger charge is 2.14. The van der Waals surface area contributed by atoms with E-state index < -0.39 is 0 Å². The molecule has 8 heteroatoms. The molecule has 6 nitrogen and oxygen atoms in total. The van der Waals surface area contributed by atoms with Crippen molar-refractivity contribution < 1.29 is 4.74 Å². The van der Waals surface area contributed by atoms with Crippen LogP contribution in [0.1, 0.15) is 0 Å². The lowest BCUT2D eigenvalue weighted by molar-refractivity contribution is 0.445. The normalized spacial score (nSPS) is 10.6. The van der Waals surface area contributed by atoms with Crippen molar-refractivity contribution in [3.63, 3.8) is 0 Å². The Kier molecular flexibility index (Phi) is 3.85. The van der Waals surface area contributed by atoms with Gasteiger partial charge in [0.05, 0.1) is 11.3 Å². The maximum atomic E-state index is 5.85. The maximum Gasteiger partial charge on any atom is 0.235 e. The van der Waals surface area contributed by atoms with Gasteiger partial charge in [0, 0.05) is 36.2 Å². The van der Waals surface area contributed by atoms with Crippen LogP contribution in [0.2, 0.25) is 5.28 Å². The Labute approximate surface area is 133 Å². The fourth-order valence-corrected chi connectivity index (χ4v) is 2.14. The molecule has 0 radical (unpaired) electrons. The van der Waals surface area contributed by atoms with Crippen LogP contribution < -0.4 is 4.74 Å². The Morgan fingerprint density at radius 2 is 2.14 bits per heavy atom. The van der Waals surface area contributed by atoms with Crippen molar-refractivity contribution >= 4 is 27.5 Å². The molecule has 0 fully saturated rings. The van der Waals surface area contributed by atoms with Gasteiger partial charge in [-0.25, -0.2) is 9.97 Å². The van der Waals surface area contributed by atoms with Crippen molar-refractivity contribution in [2.24, 2.45) is 7.05 Å². The van der Waals surface area contributed by atoms with E-state index in [0.717, 1.165) is 4.47 Å². The van der Waals surface area contributed by atoms with Crippen molar-refractivity contribution in [1.82, 2.24) is 24.7 Å². The second-order valence-electron chi connectivity index (χ2n) is 4.15. The van der Waals surface area contributed by atoms with Crippen LogP contribution in [0.25, 0.3) is 11.3 Å². The lowest BCUT2D eigenvalue weighted by Crippen LogP contribution is -1.97. The van der Waals surface area contributed by atoms with Gasteiger partial charge in [0.1, 0.15) is 0 Å². The van der Waals surface area contributed by atoms with Gasteiger partial charge in [-0.1, -0.05) is 15.9 Å². The zero-order chi connectivity index (χ0) is 14.8. The number of hydrogen-bond acceptors (Lipinski definition) is 5. The summed E-state index contributed by atoms with van der Waals surface area (Å²) >= 11 is 9.21. The fraction of sp³-hybridized carbons (Fsp3) is 0.0769. The van der Waals surface area contributed by atoms with Crippen LogP contribution in [0.3, 0.4) is 0 Å². The van der Waals surface area contributed by atoms with Gasteiger partial charge in [-0.05, 0) is 23.7 Å². The summed E-state index contributed by atoms with van der Waals surface area (Å²) in [6.07, 6.45) is 5.03. The molecule has 0 amide bonds. The van der Waals surface area contributed by atoms with Crippen molar-refractivity contribution in [3.05, 3.63) is 46.5 Å². The smallest absolute Gasteiger partial charge is 0.235 e. The molecule has 106 valence electrons. The van der Waals surface area contributed by atoms with Gasteiger partial charge < -0.3 is 4.74 Å². The lowest BCUT2D eigenvalue weighted by Gasteiger charge is -2.07. The molecule has 0 saturated carbocycles. The van der Waals surface area contributed by atoms with E-state index >= 15 is 0 Å². The Morgan fingerprint density at radius 3 is 2.86 bits per heavy atom. The molecule has 0 bridgehead atoms. The zero-order valence-corrected chi connectivity index (χ0v) is 13.2. The molecule has 3 aromatic heterocycles. The average molecular weight is 367 g/mol. The van der Waals surface area contributed by atoms with Crippen LogP contribution in [0, 0.1) is 0 Å². The lowest BCUT2D eigenvalue weighted by atomic mass is 10.2.